The van der Waals surface area contributed by atoms with E-state index in [0.717, 1.165) is 0 Å². The average molecular weight is 785 g/mol. The van der Waals surface area contributed by atoms with Crippen LogP contribution in [0, 0.1) is 0 Å². The van der Waals surface area contributed by atoms with E-state index in [9.17, 15) is 0 Å². The Kier molecular flexibility index (Phi) is 6.92. The highest BCUT2D eigenvalue weighted by atomic mass is 32.1. The molecule has 12 aromatic rings. The van der Waals surface area contributed by atoms with E-state index < -0.39 is 0 Å². The smallest absolute Gasteiger partial charge is 0.0448 e. The SMILES string of the molecule is CC1(C)c2ccc(-c3ccc4c(c3)sc3ccc5c(sc6ccc7ccccc7c65)c34)cc2-c2ccc(-c3c4ccccc4c(-c4ccccc4)c4ccccc34)cc21. The standard InChI is InChI=1S/C57H36S2/c1-57(2)47-27-22-35(36-20-25-44-51(32-36)58-50-29-26-45-54-38-15-7-6-12-33(38)23-28-49(54)59-56(45)55(44)50)30-46(47)39-24-21-37(31-48(39)57)53-42-18-10-8-16-40(42)52(34-13-4-3-5-14-34)41-17-9-11-19-43(41)53/h3-32H,1-2H3. The molecule has 0 unspecified atom stereocenters. The largest absolute Gasteiger partial charge is 0.135 e. The van der Waals surface area contributed by atoms with Crippen molar-refractivity contribution >= 4 is 95.3 Å². The van der Waals surface area contributed by atoms with Gasteiger partial charge in [0.05, 0.1) is 0 Å². The molecule has 0 N–H and O–H groups in total. The zero-order chi connectivity index (χ0) is 39.0. The Morgan fingerprint density at radius 2 is 0.932 bits per heavy atom. The minimum Gasteiger partial charge on any atom is -0.135 e. The van der Waals surface area contributed by atoms with E-state index in [1.165, 1.54) is 128 Å². The number of rotatable bonds is 3. The summed E-state index contributed by atoms with van der Waals surface area (Å²) < 4.78 is 5.46. The summed E-state index contributed by atoms with van der Waals surface area (Å²) in [6.07, 6.45) is 0. The van der Waals surface area contributed by atoms with Crippen molar-refractivity contribution in [2.45, 2.75) is 19.3 Å². The Hall–Kier alpha value is -6.58. The van der Waals surface area contributed by atoms with Gasteiger partial charge in [0.25, 0.3) is 0 Å². The van der Waals surface area contributed by atoms with Crippen LogP contribution in [0.15, 0.2) is 182 Å². The molecule has 0 nitrogen and oxygen atoms in total. The van der Waals surface area contributed by atoms with Crippen molar-refractivity contribution in [1.29, 1.82) is 0 Å². The first kappa shape index (κ1) is 33.4. The summed E-state index contributed by atoms with van der Waals surface area (Å²) in [4.78, 5) is 0. The number of thiophene rings is 2. The highest BCUT2D eigenvalue weighted by Crippen LogP contribution is 2.53. The first-order chi connectivity index (χ1) is 29.0. The molecule has 13 rings (SSSR count). The maximum Gasteiger partial charge on any atom is 0.0448 e. The topological polar surface area (TPSA) is 0 Å². The zero-order valence-electron chi connectivity index (χ0n) is 32.6. The lowest BCUT2D eigenvalue weighted by Crippen LogP contribution is -2.15. The van der Waals surface area contributed by atoms with Gasteiger partial charge in [0, 0.05) is 45.8 Å². The van der Waals surface area contributed by atoms with Crippen LogP contribution >= 0.6 is 22.7 Å². The third kappa shape index (κ3) is 4.70. The molecule has 10 aromatic carbocycles. The Labute approximate surface area is 350 Å². The van der Waals surface area contributed by atoms with Crippen LogP contribution in [0.5, 0.6) is 0 Å². The highest BCUT2D eigenvalue weighted by Gasteiger charge is 2.36. The molecular formula is C57H36S2. The summed E-state index contributed by atoms with van der Waals surface area (Å²) in [6, 6.07) is 68.5. The van der Waals surface area contributed by atoms with Crippen LogP contribution in [0.25, 0.3) is 117 Å². The van der Waals surface area contributed by atoms with Crippen molar-refractivity contribution in [2.75, 3.05) is 0 Å². The van der Waals surface area contributed by atoms with E-state index >= 15 is 0 Å². The van der Waals surface area contributed by atoms with Crippen LogP contribution in [0.2, 0.25) is 0 Å². The molecule has 0 amide bonds. The molecule has 1 aliphatic carbocycles. The van der Waals surface area contributed by atoms with E-state index in [-0.39, 0.29) is 5.41 Å². The first-order valence-corrected chi connectivity index (χ1v) is 22.1. The van der Waals surface area contributed by atoms with Crippen molar-refractivity contribution in [1.82, 2.24) is 0 Å². The van der Waals surface area contributed by atoms with Gasteiger partial charge >= 0.3 is 0 Å². The maximum absolute atomic E-state index is 2.49. The van der Waals surface area contributed by atoms with E-state index in [2.05, 4.69) is 196 Å². The fraction of sp³-hybridized carbons (Fsp3) is 0.0526. The van der Waals surface area contributed by atoms with Crippen LogP contribution in [-0.4, -0.2) is 0 Å². The summed E-state index contributed by atoms with van der Waals surface area (Å²) in [5.74, 6) is 0. The predicted octanol–water partition coefficient (Wildman–Crippen LogP) is 17.2. The summed E-state index contributed by atoms with van der Waals surface area (Å²) in [5, 5.41) is 13.3. The molecule has 0 fully saturated rings. The van der Waals surface area contributed by atoms with Gasteiger partial charge in [0.15, 0.2) is 0 Å². The van der Waals surface area contributed by atoms with E-state index in [4.69, 9.17) is 0 Å². The van der Waals surface area contributed by atoms with Crippen molar-refractivity contribution in [3.63, 3.8) is 0 Å². The van der Waals surface area contributed by atoms with Crippen LogP contribution < -0.4 is 0 Å². The normalized spacial score (nSPS) is 13.4. The second-order valence-corrected chi connectivity index (χ2v) is 18.9. The Bertz CT molecular complexity index is 3690. The van der Waals surface area contributed by atoms with Crippen molar-refractivity contribution in [2.24, 2.45) is 0 Å². The first-order valence-electron chi connectivity index (χ1n) is 20.5. The Morgan fingerprint density at radius 1 is 0.339 bits per heavy atom. The van der Waals surface area contributed by atoms with Gasteiger partial charge in [-0.05, 0) is 118 Å². The molecule has 0 atom stereocenters. The number of fused-ring (bicyclic) bond motifs is 14. The maximum atomic E-state index is 2.49. The molecule has 276 valence electrons. The quantitative estimate of drug-likeness (QED) is 0.157. The van der Waals surface area contributed by atoms with Crippen LogP contribution in [-0.2, 0) is 5.41 Å². The Balaban J connectivity index is 0.939. The second kappa shape index (κ2) is 12.2. The Morgan fingerprint density at radius 3 is 1.69 bits per heavy atom. The molecule has 0 bridgehead atoms. The third-order valence-electron chi connectivity index (χ3n) is 13.3. The number of hydrogen-bond donors (Lipinski definition) is 0. The molecule has 0 saturated heterocycles. The minimum absolute atomic E-state index is 0.134. The molecule has 2 heteroatoms. The second-order valence-electron chi connectivity index (χ2n) is 16.7. The third-order valence-corrected chi connectivity index (χ3v) is 15.6. The summed E-state index contributed by atoms with van der Waals surface area (Å²) in [5.41, 5.74) is 13.0. The molecule has 0 aliphatic heterocycles. The average Bonchev–Trinajstić information content (AvgIpc) is 3.92. The van der Waals surface area contributed by atoms with E-state index in [1.807, 2.05) is 22.7 Å². The van der Waals surface area contributed by atoms with E-state index in [1.54, 1.807) is 0 Å². The number of hydrogen-bond acceptors (Lipinski definition) is 2. The minimum atomic E-state index is -0.134. The fourth-order valence-electron chi connectivity index (χ4n) is 10.5. The number of benzene rings is 10. The van der Waals surface area contributed by atoms with Crippen LogP contribution in [0.3, 0.4) is 0 Å². The lowest BCUT2D eigenvalue weighted by atomic mass is 9.80. The molecule has 0 saturated carbocycles. The molecule has 59 heavy (non-hydrogen) atoms. The molecule has 1 aliphatic rings. The molecule has 2 heterocycles. The highest BCUT2D eigenvalue weighted by molar-refractivity contribution is 7.30. The zero-order valence-corrected chi connectivity index (χ0v) is 34.3. The summed E-state index contributed by atoms with van der Waals surface area (Å²) in [6.45, 7) is 4.80. The van der Waals surface area contributed by atoms with Crippen LogP contribution in [0.1, 0.15) is 25.0 Å². The van der Waals surface area contributed by atoms with Crippen molar-refractivity contribution < 1.29 is 0 Å². The van der Waals surface area contributed by atoms with Gasteiger partial charge in [-0.1, -0.05) is 166 Å². The summed E-state index contributed by atoms with van der Waals surface area (Å²) in [7, 11) is 0. The van der Waals surface area contributed by atoms with Gasteiger partial charge in [0.1, 0.15) is 0 Å². The van der Waals surface area contributed by atoms with Gasteiger partial charge in [0.2, 0.25) is 0 Å². The monoisotopic (exact) mass is 784 g/mol. The summed E-state index contributed by atoms with van der Waals surface area (Å²) >= 11 is 3.86. The molecule has 2 aromatic heterocycles. The van der Waals surface area contributed by atoms with Gasteiger partial charge in [-0.25, -0.2) is 0 Å². The van der Waals surface area contributed by atoms with Crippen molar-refractivity contribution in [3.8, 4) is 44.5 Å². The molecular weight excluding hydrogens is 749 g/mol. The fourth-order valence-corrected chi connectivity index (χ4v) is 13.0. The van der Waals surface area contributed by atoms with Gasteiger partial charge in [-0.2, -0.15) is 0 Å². The van der Waals surface area contributed by atoms with Gasteiger partial charge < -0.3 is 0 Å². The predicted molar refractivity (Wildman–Crippen MR) is 259 cm³/mol. The molecule has 0 radical (unpaired) electrons. The van der Waals surface area contributed by atoms with Gasteiger partial charge in [-0.15, -0.1) is 22.7 Å². The lowest BCUT2D eigenvalue weighted by molar-refractivity contribution is 0.660. The van der Waals surface area contributed by atoms with E-state index in [0.29, 0.717) is 0 Å². The van der Waals surface area contributed by atoms with Gasteiger partial charge in [-0.3, -0.25) is 0 Å². The van der Waals surface area contributed by atoms with Crippen molar-refractivity contribution in [3.05, 3.63) is 193 Å². The lowest BCUT2D eigenvalue weighted by Gasteiger charge is -2.23. The molecule has 0 spiro atoms. The van der Waals surface area contributed by atoms with Crippen LogP contribution in [0.4, 0.5) is 0 Å².